The Bertz CT molecular complexity index is 260. The SMILES string of the molecule is Cc1ccsc1C1(CN)CC1. The van der Waals surface area contributed by atoms with E-state index in [1.807, 2.05) is 11.3 Å². The first-order valence-electron chi connectivity index (χ1n) is 4.03. The van der Waals surface area contributed by atoms with Crippen LogP contribution >= 0.6 is 11.3 Å². The molecule has 0 atom stereocenters. The summed E-state index contributed by atoms with van der Waals surface area (Å²) in [6, 6.07) is 2.19. The average molecular weight is 167 g/mol. The van der Waals surface area contributed by atoms with Crippen molar-refractivity contribution in [2.45, 2.75) is 25.2 Å². The summed E-state index contributed by atoms with van der Waals surface area (Å²) in [6.45, 7) is 3.01. The van der Waals surface area contributed by atoms with Crippen LogP contribution in [-0.4, -0.2) is 6.54 Å². The highest BCUT2D eigenvalue weighted by atomic mass is 32.1. The molecule has 0 spiro atoms. The summed E-state index contributed by atoms with van der Waals surface area (Å²) in [5, 5.41) is 2.17. The summed E-state index contributed by atoms with van der Waals surface area (Å²) < 4.78 is 0. The van der Waals surface area contributed by atoms with Crippen molar-refractivity contribution in [3.05, 3.63) is 21.9 Å². The van der Waals surface area contributed by atoms with E-state index in [2.05, 4.69) is 18.4 Å². The Labute approximate surface area is 71.2 Å². The number of aryl methyl sites for hydroxylation is 1. The van der Waals surface area contributed by atoms with Gasteiger partial charge in [-0.25, -0.2) is 0 Å². The van der Waals surface area contributed by atoms with Crippen LogP contribution < -0.4 is 5.73 Å². The minimum atomic E-state index is 0.401. The van der Waals surface area contributed by atoms with Crippen molar-refractivity contribution >= 4 is 11.3 Å². The summed E-state index contributed by atoms with van der Waals surface area (Å²) in [5.74, 6) is 0. The zero-order valence-electron chi connectivity index (χ0n) is 6.76. The van der Waals surface area contributed by atoms with Crippen LogP contribution in [0.3, 0.4) is 0 Å². The minimum absolute atomic E-state index is 0.401. The van der Waals surface area contributed by atoms with Gasteiger partial charge in [0.05, 0.1) is 0 Å². The molecule has 60 valence electrons. The maximum Gasteiger partial charge on any atom is 0.0173 e. The molecule has 2 rings (SSSR count). The second-order valence-electron chi connectivity index (χ2n) is 3.42. The first-order valence-corrected chi connectivity index (χ1v) is 4.91. The molecule has 1 nitrogen and oxygen atoms in total. The Morgan fingerprint density at radius 2 is 2.36 bits per heavy atom. The van der Waals surface area contributed by atoms with Crippen molar-refractivity contribution in [3.8, 4) is 0 Å². The van der Waals surface area contributed by atoms with E-state index < -0.39 is 0 Å². The van der Waals surface area contributed by atoms with Crippen LogP contribution in [0.25, 0.3) is 0 Å². The zero-order chi connectivity index (χ0) is 7.90. The predicted molar refractivity (Wildman–Crippen MR) is 49.0 cm³/mol. The van der Waals surface area contributed by atoms with Gasteiger partial charge >= 0.3 is 0 Å². The van der Waals surface area contributed by atoms with Gasteiger partial charge in [-0.15, -0.1) is 11.3 Å². The second kappa shape index (κ2) is 2.32. The highest BCUT2D eigenvalue weighted by molar-refractivity contribution is 7.10. The van der Waals surface area contributed by atoms with E-state index in [0.29, 0.717) is 5.41 Å². The molecule has 2 N–H and O–H groups in total. The number of rotatable bonds is 2. The summed E-state index contributed by atoms with van der Waals surface area (Å²) in [6.07, 6.45) is 2.59. The Morgan fingerprint density at radius 3 is 2.73 bits per heavy atom. The van der Waals surface area contributed by atoms with Crippen LogP contribution in [0.4, 0.5) is 0 Å². The molecule has 1 fully saturated rings. The molecule has 0 saturated heterocycles. The van der Waals surface area contributed by atoms with E-state index in [-0.39, 0.29) is 0 Å². The molecule has 1 aromatic rings. The Balaban J connectivity index is 2.35. The van der Waals surface area contributed by atoms with Crippen LogP contribution in [-0.2, 0) is 5.41 Å². The molecular weight excluding hydrogens is 154 g/mol. The van der Waals surface area contributed by atoms with Crippen LogP contribution in [0, 0.1) is 6.92 Å². The molecule has 0 aliphatic heterocycles. The highest BCUT2D eigenvalue weighted by Crippen LogP contribution is 2.50. The summed E-state index contributed by atoms with van der Waals surface area (Å²) in [5.41, 5.74) is 7.57. The fraction of sp³-hybridized carbons (Fsp3) is 0.556. The van der Waals surface area contributed by atoms with Crippen molar-refractivity contribution in [1.29, 1.82) is 0 Å². The molecular formula is C9H13NS. The number of nitrogens with two attached hydrogens (primary N) is 1. The van der Waals surface area contributed by atoms with E-state index in [4.69, 9.17) is 5.73 Å². The maximum atomic E-state index is 5.74. The van der Waals surface area contributed by atoms with Gasteiger partial charge in [0.1, 0.15) is 0 Å². The molecule has 2 heteroatoms. The Morgan fingerprint density at radius 1 is 1.64 bits per heavy atom. The highest BCUT2D eigenvalue weighted by Gasteiger charge is 2.44. The minimum Gasteiger partial charge on any atom is -0.330 e. The smallest absolute Gasteiger partial charge is 0.0173 e. The van der Waals surface area contributed by atoms with Gasteiger partial charge in [-0.05, 0) is 36.8 Å². The standard InChI is InChI=1S/C9H13NS/c1-7-2-5-11-8(7)9(6-10)3-4-9/h2,5H,3-4,6,10H2,1H3. The molecule has 0 unspecified atom stereocenters. The molecule has 1 aliphatic rings. The second-order valence-corrected chi connectivity index (χ2v) is 4.33. The third-order valence-corrected chi connectivity index (χ3v) is 3.85. The third-order valence-electron chi connectivity index (χ3n) is 2.59. The lowest BCUT2D eigenvalue weighted by atomic mass is 10.0. The van der Waals surface area contributed by atoms with E-state index in [0.717, 1.165) is 6.54 Å². The van der Waals surface area contributed by atoms with Crippen LogP contribution in [0.2, 0.25) is 0 Å². The molecule has 11 heavy (non-hydrogen) atoms. The molecule has 0 radical (unpaired) electrons. The van der Waals surface area contributed by atoms with Crippen molar-refractivity contribution in [1.82, 2.24) is 0 Å². The summed E-state index contributed by atoms with van der Waals surface area (Å²) in [4.78, 5) is 1.53. The quantitative estimate of drug-likeness (QED) is 0.716. The Kier molecular flexibility index (Phi) is 1.55. The first-order chi connectivity index (χ1) is 5.28. The Hall–Kier alpha value is -0.340. The summed E-state index contributed by atoms with van der Waals surface area (Å²) >= 11 is 1.86. The van der Waals surface area contributed by atoms with Crippen molar-refractivity contribution in [2.24, 2.45) is 5.73 Å². The lowest BCUT2D eigenvalue weighted by Gasteiger charge is -2.10. The fourth-order valence-electron chi connectivity index (χ4n) is 1.59. The lowest BCUT2D eigenvalue weighted by molar-refractivity contribution is 0.715. The molecule has 0 bridgehead atoms. The van der Waals surface area contributed by atoms with Crippen LogP contribution in [0.5, 0.6) is 0 Å². The first kappa shape index (κ1) is 7.32. The zero-order valence-corrected chi connectivity index (χ0v) is 7.58. The number of hydrogen-bond donors (Lipinski definition) is 1. The largest absolute Gasteiger partial charge is 0.330 e. The van der Waals surface area contributed by atoms with Crippen LogP contribution in [0.15, 0.2) is 11.4 Å². The van der Waals surface area contributed by atoms with Gasteiger partial charge in [-0.2, -0.15) is 0 Å². The molecule has 1 aromatic heterocycles. The van der Waals surface area contributed by atoms with E-state index in [1.165, 1.54) is 23.3 Å². The number of thiophene rings is 1. The van der Waals surface area contributed by atoms with Gasteiger partial charge in [0.2, 0.25) is 0 Å². The molecule has 1 saturated carbocycles. The molecule has 0 aromatic carbocycles. The van der Waals surface area contributed by atoms with E-state index in [9.17, 15) is 0 Å². The topological polar surface area (TPSA) is 26.0 Å². The van der Waals surface area contributed by atoms with Crippen molar-refractivity contribution < 1.29 is 0 Å². The number of hydrogen-bond acceptors (Lipinski definition) is 2. The van der Waals surface area contributed by atoms with Gasteiger partial charge < -0.3 is 5.73 Å². The van der Waals surface area contributed by atoms with Gasteiger partial charge in [0, 0.05) is 16.8 Å². The fourth-order valence-corrected chi connectivity index (χ4v) is 2.79. The molecule has 1 heterocycles. The van der Waals surface area contributed by atoms with Crippen LogP contribution in [0.1, 0.15) is 23.3 Å². The summed E-state index contributed by atoms with van der Waals surface area (Å²) in [7, 11) is 0. The van der Waals surface area contributed by atoms with Gasteiger partial charge in [-0.1, -0.05) is 0 Å². The normalized spacial score (nSPS) is 20.2. The van der Waals surface area contributed by atoms with E-state index in [1.54, 1.807) is 0 Å². The van der Waals surface area contributed by atoms with Crippen molar-refractivity contribution in [2.75, 3.05) is 6.54 Å². The molecule has 1 aliphatic carbocycles. The monoisotopic (exact) mass is 167 g/mol. The average Bonchev–Trinajstić information content (AvgIpc) is 2.70. The van der Waals surface area contributed by atoms with Gasteiger partial charge in [0.15, 0.2) is 0 Å². The lowest BCUT2D eigenvalue weighted by Crippen LogP contribution is -2.19. The predicted octanol–water partition coefficient (Wildman–Crippen LogP) is 2.05. The molecule has 0 amide bonds. The third kappa shape index (κ3) is 1.01. The van der Waals surface area contributed by atoms with Gasteiger partial charge in [0.25, 0.3) is 0 Å². The van der Waals surface area contributed by atoms with E-state index >= 15 is 0 Å². The van der Waals surface area contributed by atoms with Gasteiger partial charge in [-0.3, -0.25) is 0 Å². The maximum absolute atomic E-state index is 5.74. The van der Waals surface area contributed by atoms with Crippen molar-refractivity contribution in [3.63, 3.8) is 0 Å².